The summed E-state index contributed by atoms with van der Waals surface area (Å²) < 4.78 is 1.65. The summed E-state index contributed by atoms with van der Waals surface area (Å²) in [5.74, 6) is 0.310. The summed E-state index contributed by atoms with van der Waals surface area (Å²) in [6, 6.07) is 1.73. The summed E-state index contributed by atoms with van der Waals surface area (Å²) in [5.41, 5.74) is 1.92. The molecule has 0 fully saturated rings. The van der Waals surface area contributed by atoms with Gasteiger partial charge in [0.15, 0.2) is 0 Å². The van der Waals surface area contributed by atoms with Crippen LogP contribution in [0.2, 0.25) is 0 Å². The van der Waals surface area contributed by atoms with Crippen LogP contribution >= 0.6 is 0 Å². The van der Waals surface area contributed by atoms with Crippen molar-refractivity contribution in [1.29, 1.82) is 0 Å². The summed E-state index contributed by atoms with van der Waals surface area (Å²) in [6.07, 6.45) is 3.57. The SMILES string of the molecule is CCCc1cc(CN(C)C(=O)Nc2ncn(CC)n2)[nH]n1. The van der Waals surface area contributed by atoms with Crippen molar-refractivity contribution in [2.24, 2.45) is 0 Å². The molecule has 0 spiro atoms. The number of aromatic amines is 1. The third kappa shape index (κ3) is 4.04. The number of aryl methyl sites for hydroxylation is 2. The van der Waals surface area contributed by atoms with Crippen molar-refractivity contribution in [1.82, 2.24) is 29.9 Å². The molecule has 2 N–H and O–H groups in total. The summed E-state index contributed by atoms with van der Waals surface area (Å²) >= 11 is 0. The lowest BCUT2D eigenvalue weighted by atomic mass is 10.2. The van der Waals surface area contributed by atoms with E-state index in [4.69, 9.17) is 0 Å². The number of H-pyrrole nitrogens is 1. The van der Waals surface area contributed by atoms with E-state index in [-0.39, 0.29) is 6.03 Å². The van der Waals surface area contributed by atoms with Gasteiger partial charge >= 0.3 is 6.03 Å². The molecule has 114 valence electrons. The number of hydrogen-bond donors (Lipinski definition) is 2. The zero-order valence-corrected chi connectivity index (χ0v) is 12.6. The Labute approximate surface area is 123 Å². The first-order chi connectivity index (χ1) is 10.1. The Morgan fingerprint density at radius 3 is 2.95 bits per heavy atom. The third-order valence-corrected chi connectivity index (χ3v) is 3.02. The first-order valence-electron chi connectivity index (χ1n) is 7.07. The molecule has 0 aliphatic rings. The molecule has 0 atom stereocenters. The van der Waals surface area contributed by atoms with Crippen LogP contribution in [0.3, 0.4) is 0 Å². The van der Waals surface area contributed by atoms with E-state index in [1.165, 1.54) is 0 Å². The van der Waals surface area contributed by atoms with Gasteiger partial charge in [0, 0.05) is 13.6 Å². The smallest absolute Gasteiger partial charge is 0.322 e. The number of rotatable bonds is 6. The van der Waals surface area contributed by atoms with Gasteiger partial charge in [0.25, 0.3) is 0 Å². The third-order valence-electron chi connectivity index (χ3n) is 3.02. The van der Waals surface area contributed by atoms with E-state index in [2.05, 4.69) is 32.5 Å². The number of nitrogens with zero attached hydrogens (tertiary/aromatic N) is 5. The maximum absolute atomic E-state index is 12.0. The summed E-state index contributed by atoms with van der Waals surface area (Å²) in [4.78, 5) is 17.6. The second-order valence-corrected chi connectivity index (χ2v) is 4.84. The van der Waals surface area contributed by atoms with E-state index >= 15 is 0 Å². The molecule has 0 aromatic carbocycles. The molecule has 0 saturated heterocycles. The minimum atomic E-state index is -0.254. The van der Waals surface area contributed by atoms with Crippen LogP contribution < -0.4 is 5.32 Å². The van der Waals surface area contributed by atoms with E-state index in [9.17, 15) is 4.79 Å². The lowest BCUT2D eigenvalue weighted by Gasteiger charge is -2.15. The minimum absolute atomic E-state index is 0.254. The highest BCUT2D eigenvalue weighted by atomic mass is 16.2. The van der Waals surface area contributed by atoms with Gasteiger partial charge in [-0.3, -0.25) is 15.1 Å². The lowest BCUT2D eigenvalue weighted by molar-refractivity contribution is 0.220. The van der Waals surface area contributed by atoms with Crippen LogP contribution in [0.15, 0.2) is 12.4 Å². The summed E-state index contributed by atoms with van der Waals surface area (Å²) in [5, 5.41) is 13.9. The first-order valence-corrected chi connectivity index (χ1v) is 7.07. The Morgan fingerprint density at radius 2 is 2.29 bits per heavy atom. The van der Waals surface area contributed by atoms with E-state index in [1.807, 2.05) is 13.0 Å². The highest BCUT2D eigenvalue weighted by Crippen LogP contribution is 2.06. The molecule has 21 heavy (non-hydrogen) atoms. The average Bonchev–Trinajstić information content (AvgIpc) is 3.08. The van der Waals surface area contributed by atoms with Crippen LogP contribution in [0, 0.1) is 0 Å². The van der Waals surface area contributed by atoms with Crippen LogP contribution in [-0.4, -0.2) is 42.9 Å². The molecular weight excluding hydrogens is 270 g/mol. The highest BCUT2D eigenvalue weighted by molar-refractivity contribution is 5.87. The molecule has 0 aliphatic carbocycles. The van der Waals surface area contributed by atoms with Crippen LogP contribution in [0.4, 0.5) is 10.7 Å². The van der Waals surface area contributed by atoms with Gasteiger partial charge in [0.2, 0.25) is 5.95 Å². The second kappa shape index (κ2) is 6.87. The second-order valence-electron chi connectivity index (χ2n) is 4.84. The van der Waals surface area contributed by atoms with Crippen LogP contribution in [0.1, 0.15) is 31.7 Å². The Balaban J connectivity index is 1.89. The molecule has 0 radical (unpaired) electrons. The molecule has 8 nitrogen and oxygen atoms in total. The fourth-order valence-electron chi connectivity index (χ4n) is 1.90. The molecule has 0 unspecified atom stereocenters. The normalized spacial score (nSPS) is 10.6. The van der Waals surface area contributed by atoms with Gasteiger partial charge < -0.3 is 4.90 Å². The highest BCUT2D eigenvalue weighted by Gasteiger charge is 2.13. The number of carbonyl (C=O) groups excluding carboxylic acids is 1. The minimum Gasteiger partial charge on any atom is -0.322 e. The standard InChI is InChI=1S/C13H21N7O/c1-4-6-10-7-11(17-16-10)8-19(3)13(21)15-12-14-9-20(5-2)18-12/h7,9H,4-6,8H2,1-3H3,(H,16,17)(H,15,18,21). The zero-order chi connectivity index (χ0) is 15.2. The number of carbonyl (C=O) groups is 1. The molecule has 2 heterocycles. The molecule has 0 bridgehead atoms. The largest absolute Gasteiger partial charge is 0.324 e. The molecule has 0 aliphatic heterocycles. The monoisotopic (exact) mass is 291 g/mol. The Morgan fingerprint density at radius 1 is 1.48 bits per heavy atom. The van der Waals surface area contributed by atoms with Gasteiger partial charge in [0.1, 0.15) is 6.33 Å². The van der Waals surface area contributed by atoms with Gasteiger partial charge in [-0.15, -0.1) is 5.10 Å². The van der Waals surface area contributed by atoms with Crippen molar-refractivity contribution in [3.63, 3.8) is 0 Å². The first kappa shape index (κ1) is 15.0. The van der Waals surface area contributed by atoms with E-state index in [0.29, 0.717) is 19.0 Å². The van der Waals surface area contributed by atoms with Gasteiger partial charge in [-0.05, 0) is 19.4 Å². The van der Waals surface area contributed by atoms with E-state index < -0.39 is 0 Å². The van der Waals surface area contributed by atoms with Gasteiger partial charge in [0.05, 0.1) is 17.9 Å². The molecule has 0 saturated carbocycles. The summed E-state index contributed by atoms with van der Waals surface area (Å²) in [6.45, 7) is 5.24. The van der Waals surface area contributed by atoms with Crippen LogP contribution in [-0.2, 0) is 19.5 Å². The van der Waals surface area contributed by atoms with E-state index in [1.54, 1.807) is 23.0 Å². The zero-order valence-electron chi connectivity index (χ0n) is 12.6. The summed E-state index contributed by atoms with van der Waals surface area (Å²) in [7, 11) is 1.71. The average molecular weight is 291 g/mol. The van der Waals surface area contributed by atoms with E-state index in [0.717, 1.165) is 24.2 Å². The Kier molecular flexibility index (Phi) is 4.91. The molecule has 2 aromatic heterocycles. The van der Waals surface area contributed by atoms with Gasteiger partial charge in [-0.1, -0.05) is 13.3 Å². The van der Waals surface area contributed by atoms with Gasteiger partial charge in [-0.2, -0.15) is 5.10 Å². The quantitative estimate of drug-likeness (QED) is 0.846. The number of anilines is 1. The fourth-order valence-corrected chi connectivity index (χ4v) is 1.90. The predicted octanol–water partition coefficient (Wildman–Crippen LogP) is 1.64. The number of hydrogen-bond acceptors (Lipinski definition) is 4. The fraction of sp³-hybridized carbons (Fsp3) is 0.538. The van der Waals surface area contributed by atoms with Gasteiger partial charge in [-0.25, -0.2) is 9.78 Å². The van der Waals surface area contributed by atoms with Crippen molar-refractivity contribution < 1.29 is 4.79 Å². The Bertz CT molecular complexity index is 589. The lowest BCUT2D eigenvalue weighted by Crippen LogP contribution is -2.31. The predicted molar refractivity (Wildman–Crippen MR) is 78.8 cm³/mol. The molecule has 8 heteroatoms. The van der Waals surface area contributed by atoms with Crippen molar-refractivity contribution in [3.05, 3.63) is 23.8 Å². The number of aromatic nitrogens is 5. The molecule has 2 rings (SSSR count). The van der Waals surface area contributed by atoms with Crippen molar-refractivity contribution in [3.8, 4) is 0 Å². The maximum Gasteiger partial charge on any atom is 0.324 e. The number of amides is 2. The van der Waals surface area contributed by atoms with Crippen LogP contribution in [0.25, 0.3) is 0 Å². The van der Waals surface area contributed by atoms with Crippen molar-refractivity contribution in [2.45, 2.75) is 39.8 Å². The van der Waals surface area contributed by atoms with Crippen molar-refractivity contribution >= 4 is 12.0 Å². The maximum atomic E-state index is 12.0. The number of nitrogens with one attached hydrogen (secondary N) is 2. The molecule has 2 aromatic rings. The Hall–Kier alpha value is -2.38. The molecular formula is C13H21N7O. The number of urea groups is 1. The molecule has 2 amide bonds. The van der Waals surface area contributed by atoms with Crippen molar-refractivity contribution in [2.75, 3.05) is 12.4 Å². The van der Waals surface area contributed by atoms with Crippen LogP contribution in [0.5, 0.6) is 0 Å². The topological polar surface area (TPSA) is 91.7 Å².